The normalized spacial score (nSPS) is 12.0. The summed E-state index contributed by atoms with van der Waals surface area (Å²) in [6.07, 6.45) is 3.16. The third-order valence-electron chi connectivity index (χ3n) is 1.77. The molecule has 0 saturated carbocycles. The fraction of sp³-hybridized carbons (Fsp3) is 0.636. The van der Waals surface area contributed by atoms with E-state index in [9.17, 15) is 8.42 Å². The van der Waals surface area contributed by atoms with Crippen LogP contribution in [0.4, 0.5) is 0 Å². The van der Waals surface area contributed by atoms with Crippen LogP contribution in [0.3, 0.4) is 0 Å². The first kappa shape index (κ1) is 15.3. The Morgan fingerprint density at radius 1 is 1.25 bits per heavy atom. The predicted octanol–water partition coefficient (Wildman–Crippen LogP) is 1.42. The van der Waals surface area contributed by atoms with E-state index in [1.54, 1.807) is 26.0 Å². The molecule has 0 radical (unpaired) electrons. The molecule has 4 nitrogen and oxygen atoms in total. The lowest BCUT2D eigenvalue weighted by Gasteiger charge is -2.18. The van der Waals surface area contributed by atoms with E-state index in [2.05, 4.69) is 13.2 Å². The van der Waals surface area contributed by atoms with Crippen molar-refractivity contribution >= 4 is 10.1 Å². The van der Waals surface area contributed by atoms with Gasteiger partial charge in [-0.25, -0.2) is 0 Å². The van der Waals surface area contributed by atoms with Crippen molar-refractivity contribution in [3.63, 3.8) is 0 Å². The minimum Gasteiger partial charge on any atom is -0.295 e. The fourth-order valence-electron chi connectivity index (χ4n) is 1.20. The van der Waals surface area contributed by atoms with Gasteiger partial charge in [0.15, 0.2) is 0 Å². The second-order valence-corrected chi connectivity index (χ2v) is 5.46. The standard InChI is InChI=1S/C11H21NO3S/c1-5-7-12(8-6-2)9-10-16(13,14)15-11(3)4/h5-6,11H,1-2,7-10H2,3-4H3. The van der Waals surface area contributed by atoms with Crippen LogP contribution in [0.25, 0.3) is 0 Å². The first-order chi connectivity index (χ1) is 7.41. The van der Waals surface area contributed by atoms with Crippen molar-refractivity contribution in [2.75, 3.05) is 25.4 Å². The van der Waals surface area contributed by atoms with E-state index in [1.165, 1.54) is 0 Å². The third kappa shape index (κ3) is 7.62. The highest BCUT2D eigenvalue weighted by molar-refractivity contribution is 7.86. The van der Waals surface area contributed by atoms with Gasteiger partial charge < -0.3 is 0 Å². The van der Waals surface area contributed by atoms with Crippen LogP contribution >= 0.6 is 0 Å². The molecule has 0 aliphatic rings. The molecular weight excluding hydrogens is 226 g/mol. The summed E-state index contributed by atoms with van der Waals surface area (Å²) in [7, 11) is -3.42. The molecule has 0 saturated heterocycles. The van der Waals surface area contributed by atoms with E-state index in [1.807, 2.05) is 4.90 Å². The van der Waals surface area contributed by atoms with Gasteiger partial charge in [-0.3, -0.25) is 9.08 Å². The molecular formula is C11H21NO3S. The van der Waals surface area contributed by atoms with Crippen LogP contribution in [0.5, 0.6) is 0 Å². The average Bonchev–Trinajstić information content (AvgIpc) is 2.13. The van der Waals surface area contributed by atoms with Crippen LogP contribution in [0.2, 0.25) is 0 Å². The van der Waals surface area contributed by atoms with Gasteiger partial charge in [0.2, 0.25) is 0 Å². The lowest BCUT2D eigenvalue weighted by molar-refractivity contribution is 0.245. The summed E-state index contributed by atoms with van der Waals surface area (Å²) in [5.41, 5.74) is 0. The van der Waals surface area contributed by atoms with Crippen LogP contribution in [0, 0.1) is 0 Å². The van der Waals surface area contributed by atoms with Gasteiger partial charge in [-0.1, -0.05) is 12.2 Å². The molecule has 0 N–H and O–H groups in total. The molecule has 0 amide bonds. The molecule has 16 heavy (non-hydrogen) atoms. The molecule has 0 aromatic carbocycles. The summed E-state index contributed by atoms with van der Waals surface area (Å²) in [6, 6.07) is 0. The Labute approximate surface area is 98.7 Å². The van der Waals surface area contributed by atoms with Crippen molar-refractivity contribution in [3.8, 4) is 0 Å². The third-order valence-corrected chi connectivity index (χ3v) is 3.13. The molecule has 0 unspecified atom stereocenters. The maximum atomic E-state index is 11.5. The zero-order valence-corrected chi connectivity index (χ0v) is 10.9. The summed E-state index contributed by atoms with van der Waals surface area (Å²) >= 11 is 0. The first-order valence-corrected chi connectivity index (χ1v) is 6.84. The van der Waals surface area contributed by atoms with Crippen LogP contribution in [-0.2, 0) is 14.3 Å². The van der Waals surface area contributed by atoms with Crippen LogP contribution in [0.1, 0.15) is 13.8 Å². The molecule has 0 rings (SSSR count). The van der Waals surface area contributed by atoms with Crippen molar-refractivity contribution < 1.29 is 12.6 Å². The van der Waals surface area contributed by atoms with E-state index in [4.69, 9.17) is 4.18 Å². The smallest absolute Gasteiger partial charge is 0.268 e. The molecule has 5 heteroatoms. The highest BCUT2D eigenvalue weighted by Gasteiger charge is 2.14. The number of hydrogen-bond acceptors (Lipinski definition) is 4. The number of rotatable bonds is 9. The van der Waals surface area contributed by atoms with Gasteiger partial charge in [-0.15, -0.1) is 13.2 Å². The maximum absolute atomic E-state index is 11.5. The van der Waals surface area contributed by atoms with Gasteiger partial charge in [-0.2, -0.15) is 8.42 Å². The first-order valence-electron chi connectivity index (χ1n) is 5.26. The highest BCUT2D eigenvalue weighted by Crippen LogP contribution is 2.01. The van der Waals surface area contributed by atoms with Gasteiger partial charge >= 0.3 is 0 Å². The van der Waals surface area contributed by atoms with Gasteiger partial charge in [0.05, 0.1) is 11.9 Å². The fourth-order valence-corrected chi connectivity index (χ4v) is 2.37. The molecule has 0 spiro atoms. The molecule has 0 atom stereocenters. The minimum absolute atomic E-state index is 0.00708. The molecule has 94 valence electrons. The highest BCUT2D eigenvalue weighted by atomic mass is 32.2. The second-order valence-electron chi connectivity index (χ2n) is 3.74. The second kappa shape index (κ2) is 7.60. The quantitative estimate of drug-likeness (QED) is 0.456. The van der Waals surface area contributed by atoms with Crippen molar-refractivity contribution in [2.24, 2.45) is 0 Å². The summed E-state index contributed by atoms with van der Waals surface area (Å²) < 4.78 is 27.7. The Balaban J connectivity index is 4.17. The van der Waals surface area contributed by atoms with Crippen molar-refractivity contribution in [1.29, 1.82) is 0 Å². The topological polar surface area (TPSA) is 46.6 Å². The predicted molar refractivity (Wildman–Crippen MR) is 66.8 cm³/mol. The summed E-state index contributed by atoms with van der Waals surface area (Å²) in [5.74, 6) is -0.00708. The summed E-state index contributed by atoms with van der Waals surface area (Å²) in [4.78, 5) is 1.93. The van der Waals surface area contributed by atoms with Crippen molar-refractivity contribution in [2.45, 2.75) is 20.0 Å². The van der Waals surface area contributed by atoms with E-state index in [0.29, 0.717) is 19.6 Å². The van der Waals surface area contributed by atoms with E-state index >= 15 is 0 Å². The van der Waals surface area contributed by atoms with Gasteiger partial charge in [0.1, 0.15) is 0 Å². The molecule has 0 heterocycles. The Bertz CT molecular complexity index is 299. The van der Waals surface area contributed by atoms with E-state index in [0.717, 1.165) is 0 Å². The van der Waals surface area contributed by atoms with E-state index < -0.39 is 10.1 Å². The van der Waals surface area contributed by atoms with Crippen LogP contribution < -0.4 is 0 Å². The summed E-state index contributed by atoms with van der Waals surface area (Å²) in [5, 5.41) is 0. The summed E-state index contributed by atoms with van der Waals surface area (Å²) in [6.45, 7) is 12.3. The van der Waals surface area contributed by atoms with Gasteiger partial charge in [0.25, 0.3) is 10.1 Å². The average molecular weight is 247 g/mol. The lowest BCUT2D eigenvalue weighted by Crippen LogP contribution is -2.31. The largest absolute Gasteiger partial charge is 0.295 e. The van der Waals surface area contributed by atoms with Crippen LogP contribution in [0.15, 0.2) is 25.3 Å². The van der Waals surface area contributed by atoms with Gasteiger partial charge in [-0.05, 0) is 13.8 Å². The molecule has 0 aromatic rings. The van der Waals surface area contributed by atoms with E-state index in [-0.39, 0.29) is 11.9 Å². The Morgan fingerprint density at radius 3 is 2.12 bits per heavy atom. The maximum Gasteiger partial charge on any atom is 0.268 e. The van der Waals surface area contributed by atoms with Crippen molar-refractivity contribution in [1.82, 2.24) is 4.90 Å². The number of nitrogens with zero attached hydrogens (tertiary/aromatic N) is 1. The van der Waals surface area contributed by atoms with Gasteiger partial charge in [0, 0.05) is 19.6 Å². The monoisotopic (exact) mass is 247 g/mol. The molecule has 0 aromatic heterocycles. The molecule has 0 bridgehead atoms. The lowest BCUT2D eigenvalue weighted by atomic mass is 10.4. The molecule has 0 aliphatic heterocycles. The Hall–Kier alpha value is -0.650. The Kier molecular flexibility index (Phi) is 7.29. The molecule has 0 aliphatic carbocycles. The SMILES string of the molecule is C=CCN(CC=C)CCS(=O)(=O)OC(C)C. The minimum atomic E-state index is -3.42. The molecule has 0 fully saturated rings. The van der Waals surface area contributed by atoms with Crippen molar-refractivity contribution in [3.05, 3.63) is 25.3 Å². The Morgan fingerprint density at radius 2 is 1.75 bits per heavy atom. The number of hydrogen-bond donors (Lipinski definition) is 0. The zero-order valence-electron chi connectivity index (χ0n) is 10.1. The van der Waals surface area contributed by atoms with Crippen LogP contribution in [-0.4, -0.2) is 44.8 Å². The zero-order chi connectivity index (χ0) is 12.6.